The zero-order valence-electron chi connectivity index (χ0n) is 28.6. The number of nitrogens with zero attached hydrogens (tertiary/aromatic N) is 3. The summed E-state index contributed by atoms with van der Waals surface area (Å²) in [7, 11) is 1.64. The number of ether oxygens (including phenoxy) is 4. The van der Waals surface area contributed by atoms with Gasteiger partial charge in [0.25, 0.3) is 0 Å². The lowest BCUT2D eigenvalue weighted by atomic mass is 9.92. The van der Waals surface area contributed by atoms with E-state index in [1.54, 1.807) is 23.3 Å². The van der Waals surface area contributed by atoms with Gasteiger partial charge in [-0.1, -0.05) is 29.8 Å². The van der Waals surface area contributed by atoms with Crippen LogP contribution in [0.5, 0.6) is 5.75 Å². The van der Waals surface area contributed by atoms with Crippen LogP contribution in [0.15, 0.2) is 35.7 Å². The van der Waals surface area contributed by atoms with E-state index >= 15 is 0 Å². The fourth-order valence-electron chi connectivity index (χ4n) is 6.04. The van der Waals surface area contributed by atoms with Crippen LogP contribution in [0, 0.1) is 12.8 Å². The number of carbonyl (C=O) groups is 2. The minimum atomic E-state index is -0.544. The smallest absolute Gasteiger partial charge is 0.410 e. The molecule has 1 amide bonds. The average molecular weight is 684 g/mol. The molecule has 0 radical (unpaired) electrons. The van der Waals surface area contributed by atoms with Gasteiger partial charge < -0.3 is 28.7 Å². The Morgan fingerprint density at radius 3 is 2.49 bits per heavy atom. The molecular formula is C36H46ClN3O6S. The molecule has 1 saturated heterocycles. The van der Waals surface area contributed by atoms with E-state index in [0.29, 0.717) is 50.0 Å². The molecule has 2 aliphatic heterocycles. The van der Waals surface area contributed by atoms with Crippen LogP contribution < -0.4 is 9.64 Å². The first-order valence-electron chi connectivity index (χ1n) is 16.1. The third-order valence-corrected chi connectivity index (χ3v) is 9.60. The summed E-state index contributed by atoms with van der Waals surface area (Å²) in [6.07, 6.45) is 0.795. The van der Waals surface area contributed by atoms with E-state index in [4.69, 9.17) is 35.5 Å². The maximum absolute atomic E-state index is 12.8. The Labute approximate surface area is 287 Å². The molecule has 254 valence electrons. The highest BCUT2D eigenvalue weighted by Gasteiger charge is 2.38. The van der Waals surface area contributed by atoms with Crippen LogP contribution in [0.3, 0.4) is 0 Å². The van der Waals surface area contributed by atoms with Gasteiger partial charge in [-0.05, 0) is 95.7 Å². The molecule has 2 atom stereocenters. The van der Waals surface area contributed by atoms with Crippen LogP contribution in [0.1, 0.15) is 70.2 Å². The second-order valence-electron chi connectivity index (χ2n) is 14.2. The number of anilines is 1. The van der Waals surface area contributed by atoms with Gasteiger partial charge in [0.15, 0.2) is 5.13 Å². The Bertz CT molecular complexity index is 1610. The van der Waals surface area contributed by atoms with Crippen LogP contribution in [0.25, 0.3) is 11.3 Å². The molecule has 5 rings (SSSR count). The van der Waals surface area contributed by atoms with Gasteiger partial charge in [-0.25, -0.2) is 9.78 Å². The van der Waals surface area contributed by atoms with E-state index in [0.717, 1.165) is 33.9 Å². The Balaban J connectivity index is 1.28. The number of aromatic nitrogens is 1. The highest BCUT2D eigenvalue weighted by Crippen LogP contribution is 2.40. The number of esters is 1. The second-order valence-corrected chi connectivity index (χ2v) is 15.5. The fourth-order valence-corrected chi connectivity index (χ4v) is 7.14. The fraction of sp³-hybridized carbons (Fsp3) is 0.528. The molecule has 0 aliphatic carbocycles. The lowest BCUT2D eigenvalue weighted by Gasteiger charge is -2.37. The average Bonchev–Trinajstić information content (AvgIpc) is 3.49. The highest BCUT2D eigenvalue weighted by molar-refractivity contribution is 7.14. The van der Waals surface area contributed by atoms with E-state index in [1.807, 2.05) is 65.1 Å². The lowest BCUT2D eigenvalue weighted by Crippen LogP contribution is -2.49. The van der Waals surface area contributed by atoms with Crippen molar-refractivity contribution in [3.8, 4) is 17.0 Å². The van der Waals surface area contributed by atoms with E-state index in [9.17, 15) is 9.59 Å². The van der Waals surface area contributed by atoms with Gasteiger partial charge in [0.1, 0.15) is 23.6 Å². The third kappa shape index (κ3) is 8.39. The molecule has 0 unspecified atom stereocenters. The maximum atomic E-state index is 12.8. The Morgan fingerprint density at radius 2 is 1.79 bits per heavy atom. The number of rotatable bonds is 7. The summed E-state index contributed by atoms with van der Waals surface area (Å²) < 4.78 is 23.4. The summed E-state index contributed by atoms with van der Waals surface area (Å²) in [6, 6.07) is 9.84. The van der Waals surface area contributed by atoms with Gasteiger partial charge in [-0.15, -0.1) is 11.3 Å². The summed E-state index contributed by atoms with van der Waals surface area (Å²) in [4.78, 5) is 34.4. The SMILES string of the molecule is CO[C@H]1CN(c2nc(-c3cccc(Cl)c3OCc3ccc4c(c3C)CCN(C(=O)OC(C)(C)C)C4)cs2)CC[C@H]1C(=O)OC(C)(C)C. The van der Waals surface area contributed by atoms with Crippen molar-refractivity contribution in [2.45, 2.75) is 91.8 Å². The van der Waals surface area contributed by atoms with E-state index in [-0.39, 0.29) is 24.1 Å². The molecule has 47 heavy (non-hydrogen) atoms. The van der Waals surface area contributed by atoms with Crippen molar-refractivity contribution in [2.75, 3.05) is 31.6 Å². The van der Waals surface area contributed by atoms with Gasteiger partial charge >= 0.3 is 12.1 Å². The zero-order valence-corrected chi connectivity index (χ0v) is 30.2. The monoisotopic (exact) mass is 683 g/mol. The molecule has 2 aliphatic rings. The predicted octanol–water partition coefficient (Wildman–Crippen LogP) is 7.83. The van der Waals surface area contributed by atoms with E-state index in [1.165, 1.54) is 11.1 Å². The molecular weight excluding hydrogens is 638 g/mol. The highest BCUT2D eigenvalue weighted by atomic mass is 35.5. The molecule has 1 fully saturated rings. The number of thiazole rings is 1. The second kappa shape index (κ2) is 14.0. The minimum absolute atomic E-state index is 0.221. The van der Waals surface area contributed by atoms with Crippen molar-refractivity contribution in [3.05, 3.63) is 63.0 Å². The number of benzene rings is 2. The van der Waals surface area contributed by atoms with Crippen molar-refractivity contribution in [2.24, 2.45) is 5.92 Å². The van der Waals surface area contributed by atoms with Crippen molar-refractivity contribution in [1.29, 1.82) is 0 Å². The van der Waals surface area contributed by atoms with Crippen molar-refractivity contribution in [1.82, 2.24) is 9.88 Å². The summed E-state index contributed by atoms with van der Waals surface area (Å²) in [6.45, 7) is 16.1. The number of para-hydroxylation sites is 1. The largest absolute Gasteiger partial charge is 0.487 e. The quantitative estimate of drug-likeness (QED) is 0.233. The third-order valence-electron chi connectivity index (χ3n) is 8.40. The van der Waals surface area contributed by atoms with Gasteiger partial charge in [-0.3, -0.25) is 4.79 Å². The first-order chi connectivity index (χ1) is 22.1. The first kappa shape index (κ1) is 35.0. The minimum Gasteiger partial charge on any atom is -0.487 e. The van der Waals surface area contributed by atoms with E-state index in [2.05, 4.69) is 24.0 Å². The van der Waals surface area contributed by atoms with Crippen molar-refractivity contribution >= 4 is 40.1 Å². The number of hydrogen-bond donors (Lipinski definition) is 0. The Kier molecular flexibility index (Phi) is 10.4. The summed E-state index contributed by atoms with van der Waals surface area (Å²) in [5.41, 5.74) is 5.13. The summed E-state index contributed by atoms with van der Waals surface area (Å²) >= 11 is 8.25. The molecule has 0 saturated carbocycles. The number of piperidine rings is 1. The van der Waals surface area contributed by atoms with Gasteiger partial charge in [-0.2, -0.15) is 0 Å². The molecule has 0 bridgehead atoms. The summed E-state index contributed by atoms with van der Waals surface area (Å²) in [5.74, 6) is 0.0397. The number of methoxy groups -OCH3 is 1. The molecule has 3 aromatic rings. The molecule has 11 heteroatoms. The normalized spacial score (nSPS) is 18.5. The predicted molar refractivity (Wildman–Crippen MR) is 185 cm³/mol. The van der Waals surface area contributed by atoms with Crippen molar-refractivity contribution < 1.29 is 28.5 Å². The van der Waals surface area contributed by atoms with Crippen LogP contribution in [0.2, 0.25) is 5.02 Å². The van der Waals surface area contributed by atoms with Crippen LogP contribution >= 0.6 is 22.9 Å². The van der Waals surface area contributed by atoms with Crippen LogP contribution in [-0.4, -0.2) is 66.0 Å². The van der Waals surface area contributed by atoms with Gasteiger partial charge in [0.05, 0.1) is 22.7 Å². The number of hydrogen-bond acceptors (Lipinski definition) is 9. The number of amides is 1. The van der Waals surface area contributed by atoms with Crippen molar-refractivity contribution in [3.63, 3.8) is 0 Å². The first-order valence-corrected chi connectivity index (χ1v) is 17.3. The van der Waals surface area contributed by atoms with E-state index < -0.39 is 11.2 Å². The lowest BCUT2D eigenvalue weighted by molar-refractivity contribution is -0.165. The van der Waals surface area contributed by atoms with Crippen LogP contribution in [0.4, 0.5) is 9.93 Å². The maximum Gasteiger partial charge on any atom is 0.410 e. The van der Waals surface area contributed by atoms with Gasteiger partial charge in [0, 0.05) is 44.2 Å². The molecule has 0 spiro atoms. The molecule has 9 nitrogen and oxygen atoms in total. The zero-order chi connectivity index (χ0) is 34.1. The Hall–Kier alpha value is -3.34. The number of fused-ring (bicyclic) bond motifs is 1. The van der Waals surface area contributed by atoms with Gasteiger partial charge in [0.2, 0.25) is 0 Å². The standard InChI is InChI=1S/C36H46ClN3O6S/c1-22-24(13-12-23-18-40(17-14-25(22)23)34(42)46-36(5,6)7)20-44-31-26(10-9-11-28(31)37)29-21-47-33(38-29)39-16-15-27(30(19-39)43-8)32(41)45-35(2,3)4/h9-13,21,27,30H,14-20H2,1-8H3/t27-,30+/m1/s1. The number of carbonyl (C=O) groups excluding carboxylic acids is 2. The molecule has 3 heterocycles. The molecule has 0 N–H and O–H groups in total. The number of halogens is 1. The summed E-state index contributed by atoms with van der Waals surface area (Å²) in [5, 5.41) is 3.37. The van der Waals surface area contributed by atoms with Crippen LogP contribution in [-0.2, 0) is 38.6 Å². The molecule has 2 aromatic carbocycles. The topological polar surface area (TPSA) is 90.4 Å². The molecule has 1 aromatic heterocycles. The Morgan fingerprint density at radius 1 is 1.04 bits per heavy atom.